The van der Waals surface area contributed by atoms with Gasteiger partial charge >= 0.3 is 0 Å². The smallest absolute Gasteiger partial charge is 0.245 e. The summed E-state index contributed by atoms with van der Waals surface area (Å²) in [5, 5.41) is 0. The summed E-state index contributed by atoms with van der Waals surface area (Å²) in [6, 6.07) is 7.80. The Bertz CT molecular complexity index is 554. The number of carbonyl (C=O) groups is 2. The summed E-state index contributed by atoms with van der Waals surface area (Å²) in [7, 11) is 0. The van der Waals surface area contributed by atoms with Gasteiger partial charge in [0.05, 0.1) is 6.54 Å². The van der Waals surface area contributed by atoms with Crippen LogP contribution in [0.2, 0.25) is 0 Å². The van der Waals surface area contributed by atoms with Crippen molar-refractivity contribution in [1.29, 1.82) is 0 Å². The standard InChI is InChI=1S/C18H26N2O2/c1-5-19-12-17(21)20(16(18(19)22)9-13(2)3)11-15-8-6-7-14(4)10-15/h6-8,10,13,16H,5,9,11-12H2,1-4H3/t16-/m0/s1. The van der Waals surface area contributed by atoms with Gasteiger partial charge in [0.15, 0.2) is 0 Å². The van der Waals surface area contributed by atoms with E-state index in [2.05, 4.69) is 19.9 Å². The van der Waals surface area contributed by atoms with E-state index < -0.39 is 0 Å². The van der Waals surface area contributed by atoms with Gasteiger partial charge in [-0.25, -0.2) is 0 Å². The quantitative estimate of drug-likeness (QED) is 0.839. The molecule has 0 N–H and O–H groups in total. The first-order valence-corrected chi connectivity index (χ1v) is 8.06. The lowest BCUT2D eigenvalue weighted by Gasteiger charge is -2.40. The zero-order valence-electron chi connectivity index (χ0n) is 14.0. The van der Waals surface area contributed by atoms with Crippen molar-refractivity contribution in [2.45, 2.75) is 46.7 Å². The molecule has 4 heteroatoms. The number of benzene rings is 1. The minimum atomic E-state index is -0.332. The molecular formula is C18H26N2O2. The Balaban J connectivity index is 2.25. The van der Waals surface area contributed by atoms with Gasteiger partial charge in [-0.05, 0) is 31.7 Å². The van der Waals surface area contributed by atoms with E-state index >= 15 is 0 Å². The molecule has 1 aliphatic rings. The lowest BCUT2D eigenvalue weighted by atomic mass is 9.98. The predicted molar refractivity (Wildman–Crippen MR) is 87.2 cm³/mol. The van der Waals surface area contributed by atoms with Crippen LogP contribution in [-0.4, -0.2) is 40.7 Å². The third kappa shape index (κ3) is 3.67. The van der Waals surface area contributed by atoms with Crippen LogP contribution in [-0.2, 0) is 16.1 Å². The number of rotatable bonds is 5. The number of likely N-dealkylation sites (N-methyl/N-ethyl adjacent to an activating group) is 1. The SMILES string of the molecule is CCN1CC(=O)N(Cc2cccc(C)c2)[C@@H](CC(C)C)C1=O. The fourth-order valence-corrected chi connectivity index (χ4v) is 3.00. The summed E-state index contributed by atoms with van der Waals surface area (Å²) < 4.78 is 0. The highest BCUT2D eigenvalue weighted by molar-refractivity contribution is 5.94. The molecule has 0 aliphatic carbocycles. The molecule has 120 valence electrons. The van der Waals surface area contributed by atoms with E-state index in [0.29, 0.717) is 25.4 Å². The topological polar surface area (TPSA) is 40.6 Å². The van der Waals surface area contributed by atoms with Gasteiger partial charge in [-0.15, -0.1) is 0 Å². The van der Waals surface area contributed by atoms with Gasteiger partial charge in [-0.3, -0.25) is 9.59 Å². The highest BCUT2D eigenvalue weighted by Crippen LogP contribution is 2.22. The number of aryl methyl sites for hydroxylation is 1. The second kappa shape index (κ2) is 6.95. The lowest BCUT2D eigenvalue weighted by molar-refractivity contribution is -0.157. The van der Waals surface area contributed by atoms with Crippen LogP contribution < -0.4 is 0 Å². The van der Waals surface area contributed by atoms with Crippen molar-refractivity contribution in [1.82, 2.24) is 9.80 Å². The largest absolute Gasteiger partial charge is 0.332 e. The molecule has 1 fully saturated rings. The van der Waals surface area contributed by atoms with Crippen molar-refractivity contribution in [3.63, 3.8) is 0 Å². The Hall–Kier alpha value is -1.84. The molecule has 2 amide bonds. The summed E-state index contributed by atoms with van der Waals surface area (Å²) in [6.07, 6.45) is 0.715. The van der Waals surface area contributed by atoms with Crippen molar-refractivity contribution in [2.75, 3.05) is 13.1 Å². The van der Waals surface area contributed by atoms with Crippen LogP contribution in [0.3, 0.4) is 0 Å². The highest BCUT2D eigenvalue weighted by Gasteiger charge is 2.38. The predicted octanol–water partition coefficient (Wildman–Crippen LogP) is 2.60. The monoisotopic (exact) mass is 302 g/mol. The fraction of sp³-hybridized carbons (Fsp3) is 0.556. The van der Waals surface area contributed by atoms with E-state index in [9.17, 15) is 9.59 Å². The van der Waals surface area contributed by atoms with E-state index in [0.717, 1.165) is 5.56 Å². The minimum absolute atomic E-state index is 0.0496. The summed E-state index contributed by atoms with van der Waals surface area (Å²) in [5.74, 6) is 0.510. The first-order chi connectivity index (χ1) is 10.4. The molecule has 0 radical (unpaired) electrons. The third-order valence-electron chi connectivity index (χ3n) is 4.13. The number of amides is 2. The number of nitrogens with zero attached hydrogens (tertiary/aromatic N) is 2. The summed E-state index contributed by atoms with van der Waals surface area (Å²) >= 11 is 0. The van der Waals surface area contributed by atoms with Crippen molar-refractivity contribution in [2.24, 2.45) is 5.92 Å². The molecule has 1 aromatic carbocycles. The molecule has 1 atom stereocenters. The van der Waals surface area contributed by atoms with Crippen LogP contribution in [0.15, 0.2) is 24.3 Å². The van der Waals surface area contributed by atoms with Crippen molar-refractivity contribution in [3.05, 3.63) is 35.4 Å². The van der Waals surface area contributed by atoms with Crippen molar-refractivity contribution in [3.8, 4) is 0 Å². The Morgan fingerprint density at radius 2 is 2.00 bits per heavy atom. The molecule has 0 saturated carbocycles. The van der Waals surface area contributed by atoms with Crippen molar-refractivity contribution < 1.29 is 9.59 Å². The molecule has 1 saturated heterocycles. The number of piperazine rings is 1. The Morgan fingerprint density at radius 1 is 1.27 bits per heavy atom. The third-order valence-corrected chi connectivity index (χ3v) is 4.13. The van der Waals surface area contributed by atoms with Gasteiger partial charge in [-0.2, -0.15) is 0 Å². The van der Waals surface area contributed by atoms with E-state index in [4.69, 9.17) is 0 Å². The first-order valence-electron chi connectivity index (χ1n) is 8.06. The minimum Gasteiger partial charge on any atom is -0.332 e. The molecule has 0 bridgehead atoms. The van der Waals surface area contributed by atoms with Crippen LogP contribution in [0, 0.1) is 12.8 Å². The zero-order valence-corrected chi connectivity index (χ0v) is 14.0. The van der Waals surface area contributed by atoms with Gasteiger partial charge in [0.25, 0.3) is 0 Å². The van der Waals surface area contributed by atoms with Crippen LogP contribution in [0.1, 0.15) is 38.3 Å². The first kappa shape index (κ1) is 16.5. The van der Waals surface area contributed by atoms with Crippen LogP contribution in [0.4, 0.5) is 0 Å². The van der Waals surface area contributed by atoms with Crippen molar-refractivity contribution >= 4 is 11.8 Å². The maximum atomic E-state index is 12.6. The van der Waals surface area contributed by atoms with Gasteiger partial charge in [-0.1, -0.05) is 43.7 Å². The van der Waals surface area contributed by atoms with E-state index in [1.54, 1.807) is 9.80 Å². The zero-order chi connectivity index (χ0) is 16.3. The van der Waals surface area contributed by atoms with E-state index in [1.165, 1.54) is 5.56 Å². The lowest BCUT2D eigenvalue weighted by Crippen LogP contribution is -2.59. The molecule has 1 heterocycles. The number of carbonyl (C=O) groups excluding carboxylic acids is 2. The van der Waals surface area contributed by atoms with Gasteiger partial charge in [0, 0.05) is 13.1 Å². The maximum Gasteiger partial charge on any atom is 0.245 e. The fourth-order valence-electron chi connectivity index (χ4n) is 3.00. The number of hydrogen-bond donors (Lipinski definition) is 0. The van der Waals surface area contributed by atoms with Crippen LogP contribution >= 0.6 is 0 Å². The number of hydrogen-bond acceptors (Lipinski definition) is 2. The van der Waals surface area contributed by atoms with Gasteiger partial charge < -0.3 is 9.80 Å². The molecule has 0 aromatic heterocycles. The molecule has 2 rings (SSSR count). The van der Waals surface area contributed by atoms with Gasteiger partial charge in [0.2, 0.25) is 11.8 Å². The Labute approximate surface area is 133 Å². The van der Waals surface area contributed by atoms with Gasteiger partial charge in [0.1, 0.15) is 6.04 Å². The van der Waals surface area contributed by atoms with E-state index in [1.807, 2.05) is 32.0 Å². The van der Waals surface area contributed by atoms with E-state index in [-0.39, 0.29) is 24.4 Å². The molecule has 4 nitrogen and oxygen atoms in total. The second-order valence-corrected chi connectivity index (χ2v) is 6.51. The van der Waals surface area contributed by atoms with Crippen LogP contribution in [0.5, 0.6) is 0 Å². The molecule has 0 unspecified atom stereocenters. The summed E-state index contributed by atoms with van der Waals surface area (Å²) in [4.78, 5) is 28.6. The maximum absolute atomic E-state index is 12.6. The highest BCUT2D eigenvalue weighted by atomic mass is 16.2. The second-order valence-electron chi connectivity index (χ2n) is 6.51. The summed E-state index contributed by atoms with van der Waals surface area (Å²) in [6.45, 7) is 9.46. The Morgan fingerprint density at radius 3 is 2.59 bits per heavy atom. The molecule has 22 heavy (non-hydrogen) atoms. The molecule has 1 aromatic rings. The van der Waals surface area contributed by atoms with Crippen LogP contribution in [0.25, 0.3) is 0 Å². The summed E-state index contributed by atoms with van der Waals surface area (Å²) in [5.41, 5.74) is 2.25. The molecule has 1 aliphatic heterocycles. The molecular weight excluding hydrogens is 276 g/mol. The average Bonchev–Trinajstić information content (AvgIpc) is 2.46. The average molecular weight is 302 g/mol. The Kier molecular flexibility index (Phi) is 5.22. The molecule has 0 spiro atoms. The normalized spacial score (nSPS) is 19.2.